The van der Waals surface area contributed by atoms with Gasteiger partial charge in [0.1, 0.15) is 29.8 Å². The molecule has 0 bridgehead atoms. The van der Waals surface area contributed by atoms with E-state index in [4.69, 9.17) is 10.5 Å². The van der Waals surface area contributed by atoms with Gasteiger partial charge in [-0.3, -0.25) is 9.79 Å². The number of hydrogen-bond acceptors (Lipinski definition) is 5. The van der Waals surface area contributed by atoms with Gasteiger partial charge in [-0.05, 0) is 34.1 Å². The SMILES string of the molecule is Cl.NC1=NC(c2cc(NC(=O)c3ccc(Br)cn3)c(F)cc2F)(C(F)F)COC1. The molecule has 0 saturated carbocycles. The van der Waals surface area contributed by atoms with Crippen LogP contribution < -0.4 is 11.1 Å². The second-order valence-electron chi connectivity index (χ2n) is 5.95. The normalized spacial score (nSPS) is 18.8. The lowest BCUT2D eigenvalue weighted by molar-refractivity contribution is -0.0146. The topological polar surface area (TPSA) is 89.6 Å². The van der Waals surface area contributed by atoms with Crippen LogP contribution in [0.2, 0.25) is 0 Å². The number of nitrogens with one attached hydrogen (secondary N) is 1. The second-order valence-corrected chi connectivity index (χ2v) is 6.86. The molecule has 12 heteroatoms. The van der Waals surface area contributed by atoms with Gasteiger partial charge in [0, 0.05) is 22.3 Å². The van der Waals surface area contributed by atoms with Gasteiger partial charge in [0.2, 0.25) is 0 Å². The summed E-state index contributed by atoms with van der Waals surface area (Å²) in [5, 5.41) is 2.20. The molecule has 2 aromatic rings. The van der Waals surface area contributed by atoms with E-state index in [-0.39, 0.29) is 30.5 Å². The maximum absolute atomic E-state index is 14.4. The van der Waals surface area contributed by atoms with Gasteiger partial charge in [-0.1, -0.05) is 0 Å². The van der Waals surface area contributed by atoms with Crippen molar-refractivity contribution in [2.45, 2.75) is 12.0 Å². The lowest BCUT2D eigenvalue weighted by atomic mass is 9.89. The second kappa shape index (κ2) is 9.06. The molecule has 2 heterocycles. The molecular weight excluding hydrogens is 484 g/mol. The minimum Gasteiger partial charge on any atom is -0.385 e. The molecule has 3 N–H and O–H groups in total. The van der Waals surface area contributed by atoms with Crippen LogP contribution in [0.5, 0.6) is 0 Å². The third kappa shape index (κ3) is 4.68. The van der Waals surface area contributed by atoms with Gasteiger partial charge in [0.25, 0.3) is 12.3 Å². The summed E-state index contributed by atoms with van der Waals surface area (Å²) in [5.74, 6) is -3.47. The van der Waals surface area contributed by atoms with Crippen LogP contribution in [0, 0.1) is 11.6 Å². The van der Waals surface area contributed by atoms with Crippen molar-refractivity contribution in [2.75, 3.05) is 18.5 Å². The van der Waals surface area contributed by atoms with Crippen LogP contribution in [0.3, 0.4) is 0 Å². The summed E-state index contributed by atoms with van der Waals surface area (Å²) in [5.41, 5.74) is 1.83. The number of nitrogens with zero attached hydrogens (tertiary/aromatic N) is 2. The number of benzene rings is 1. The molecule has 1 aromatic heterocycles. The van der Waals surface area contributed by atoms with Crippen molar-refractivity contribution < 1.29 is 27.1 Å². The maximum Gasteiger partial charge on any atom is 0.274 e. The number of halogens is 6. The number of hydrogen-bond donors (Lipinski definition) is 2. The molecule has 1 amide bonds. The van der Waals surface area contributed by atoms with E-state index in [9.17, 15) is 22.4 Å². The Morgan fingerprint density at radius 2 is 2.00 bits per heavy atom. The average molecular weight is 498 g/mol. The fourth-order valence-electron chi connectivity index (χ4n) is 2.67. The lowest BCUT2D eigenvalue weighted by Gasteiger charge is -2.33. The molecule has 6 nitrogen and oxygen atoms in total. The van der Waals surface area contributed by atoms with Crippen molar-refractivity contribution in [2.24, 2.45) is 10.7 Å². The number of carbonyl (C=O) groups is 1. The van der Waals surface area contributed by atoms with Gasteiger partial charge in [-0.2, -0.15) is 0 Å². The van der Waals surface area contributed by atoms with Crippen LogP contribution >= 0.6 is 28.3 Å². The first kappa shape index (κ1) is 23.0. The highest BCUT2D eigenvalue weighted by Gasteiger charge is 2.46. The standard InChI is InChI=1S/C17H13BrF4N4O2.ClH/c18-8-1-2-12(24-5-8)15(27)25-13-3-9(10(19)4-11(13)20)17(16(21)22)7-28-6-14(23)26-17;/h1-5,16H,6-7H2,(H2,23,26)(H,25,27);1H. The summed E-state index contributed by atoms with van der Waals surface area (Å²) >= 11 is 3.16. The van der Waals surface area contributed by atoms with Crippen molar-refractivity contribution in [3.8, 4) is 0 Å². The Bertz CT molecular complexity index is 946. The number of carbonyl (C=O) groups excluding carboxylic acids is 1. The highest BCUT2D eigenvalue weighted by molar-refractivity contribution is 9.10. The number of alkyl halides is 2. The average Bonchev–Trinajstić information content (AvgIpc) is 2.64. The molecule has 29 heavy (non-hydrogen) atoms. The largest absolute Gasteiger partial charge is 0.385 e. The van der Waals surface area contributed by atoms with E-state index in [0.717, 1.165) is 6.07 Å². The zero-order valence-corrected chi connectivity index (χ0v) is 16.9. The molecule has 0 aliphatic carbocycles. The Labute approximate surface area is 177 Å². The summed E-state index contributed by atoms with van der Waals surface area (Å²) < 4.78 is 61.8. The van der Waals surface area contributed by atoms with Gasteiger partial charge in [-0.25, -0.2) is 22.5 Å². The zero-order valence-electron chi connectivity index (χ0n) is 14.5. The van der Waals surface area contributed by atoms with E-state index in [2.05, 4.69) is 31.2 Å². The van der Waals surface area contributed by atoms with Crippen LogP contribution in [-0.2, 0) is 10.3 Å². The van der Waals surface area contributed by atoms with Crippen LogP contribution in [0.25, 0.3) is 0 Å². The quantitative estimate of drug-likeness (QED) is 0.631. The summed E-state index contributed by atoms with van der Waals surface area (Å²) in [6, 6.07) is 4.06. The summed E-state index contributed by atoms with van der Waals surface area (Å²) in [6.45, 7) is -0.842. The Kier molecular flexibility index (Phi) is 7.20. The molecule has 156 valence electrons. The molecule has 1 aromatic carbocycles. The fraction of sp³-hybridized carbons (Fsp3) is 0.235. The molecule has 0 saturated heterocycles. The lowest BCUT2D eigenvalue weighted by Crippen LogP contribution is -2.45. The van der Waals surface area contributed by atoms with Crippen molar-refractivity contribution >= 4 is 45.8 Å². The molecule has 1 aliphatic heterocycles. The Hall–Kier alpha value is -2.24. The minimum atomic E-state index is -3.19. The third-order valence-corrected chi connectivity index (χ3v) is 4.48. The van der Waals surface area contributed by atoms with Gasteiger partial charge in [-0.15, -0.1) is 12.4 Å². The molecule has 1 unspecified atom stereocenters. The summed E-state index contributed by atoms with van der Waals surface area (Å²) in [7, 11) is 0. The molecule has 3 rings (SSSR count). The van der Waals surface area contributed by atoms with Gasteiger partial charge >= 0.3 is 0 Å². The molecule has 1 atom stereocenters. The number of aromatic nitrogens is 1. The molecule has 0 radical (unpaired) electrons. The van der Waals surface area contributed by atoms with Crippen LogP contribution in [0.15, 0.2) is 39.9 Å². The van der Waals surface area contributed by atoms with Crippen LogP contribution in [-0.4, -0.2) is 36.4 Å². The Morgan fingerprint density at radius 3 is 2.59 bits per heavy atom. The van der Waals surface area contributed by atoms with E-state index in [0.29, 0.717) is 10.5 Å². The van der Waals surface area contributed by atoms with Crippen molar-refractivity contribution in [1.82, 2.24) is 4.98 Å². The molecule has 0 fully saturated rings. The van der Waals surface area contributed by atoms with Gasteiger partial charge in [0.05, 0.1) is 12.3 Å². The highest BCUT2D eigenvalue weighted by atomic mass is 79.9. The first-order valence-corrected chi connectivity index (χ1v) is 8.65. The van der Waals surface area contributed by atoms with Crippen LogP contribution in [0.1, 0.15) is 16.1 Å². The Morgan fingerprint density at radius 1 is 1.28 bits per heavy atom. The maximum atomic E-state index is 14.4. The first-order valence-electron chi connectivity index (χ1n) is 7.85. The van der Waals surface area contributed by atoms with Crippen molar-refractivity contribution in [1.29, 1.82) is 0 Å². The van der Waals surface area contributed by atoms with Crippen molar-refractivity contribution in [3.63, 3.8) is 0 Å². The van der Waals surface area contributed by atoms with Gasteiger partial charge in [0.15, 0.2) is 5.54 Å². The van der Waals surface area contributed by atoms with Crippen molar-refractivity contribution in [3.05, 3.63) is 57.8 Å². The zero-order chi connectivity index (χ0) is 20.5. The number of aliphatic imine (C=N–C) groups is 1. The number of rotatable bonds is 4. The number of nitrogens with two attached hydrogens (primary N) is 1. The van der Waals surface area contributed by atoms with E-state index in [1.807, 2.05) is 0 Å². The van der Waals surface area contributed by atoms with Crippen LogP contribution in [0.4, 0.5) is 23.2 Å². The summed E-state index contributed by atoms with van der Waals surface area (Å²) in [6.07, 6.45) is -1.84. The molecule has 0 spiro atoms. The first-order chi connectivity index (χ1) is 13.2. The number of amidine groups is 1. The predicted octanol–water partition coefficient (Wildman–Crippen LogP) is 3.64. The fourth-order valence-corrected chi connectivity index (χ4v) is 2.91. The number of amides is 1. The Balaban J connectivity index is 0.00000300. The van der Waals surface area contributed by atoms with Gasteiger partial charge < -0.3 is 15.8 Å². The number of ether oxygens (including phenoxy) is 1. The minimum absolute atomic E-state index is 0. The van der Waals surface area contributed by atoms with E-state index >= 15 is 0 Å². The monoisotopic (exact) mass is 496 g/mol. The van der Waals surface area contributed by atoms with E-state index < -0.39 is 47.4 Å². The molecular formula is C17H14BrClF4N4O2. The highest BCUT2D eigenvalue weighted by Crippen LogP contribution is 2.38. The predicted molar refractivity (Wildman–Crippen MR) is 104 cm³/mol. The number of pyridine rings is 1. The number of anilines is 1. The van der Waals surface area contributed by atoms with E-state index in [1.54, 1.807) is 0 Å². The van der Waals surface area contributed by atoms with E-state index in [1.165, 1.54) is 18.3 Å². The summed E-state index contributed by atoms with van der Waals surface area (Å²) in [4.78, 5) is 19.8. The smallest absolute Gasteiger partial charge is 0.274 e. The molecule has 1 aliphatic rings. The third-order valence-electron chi connectivity index (χ3n) is 4.01.